The van der Waals surface area contributed by atoms with E-state index in [2.05, 4.69) is 25.9 Å². The summed E-state index contributed by atoms with van der Waals surface area (Å²) in [6.45, 7) is 1.85. The van der Waals surface area contributed by atoms with Gasteiger partial charge in [-0.05, 0) is 35.5 Å². The number of anilines is 1. The van der Waals surface area contributed by atoms with Crippen LogP contribution in [0.1, 0.15) is 16.2 Å². The first kappa shape index (κ1) is 13.9. The minimum atomic E-state index is -0.212. The van der Waals surface area contributed by atoms with Gasteiger partial charge in [-0.15, -0.1) is 5.10 Å². The van der Waals surface area contributed by atoms with Crippen molar-refractivity contribution in [2.24, 2.45) is 14.1 Å². The highest BCUT2D eigenvalue weighted by Crippen LogP contribution is 2.20. The second-order valence-corrected chi connectivity index (χ2v) is 4.96. The zero-order valence-electron chi connectivity index (χ0n) is 12.5. The number of carbonyl (C=O) groups is 1. The Balaban J connectivity index is 1.86. The summed E-state index contributed by atoms with van der Waals surface area (Å²) in [4.78, 5) is 12.3. The van der Waals surface area contributed by atoms with Gasteiger partial charge in [0.1, 0.15) is 5.69 Å². The number of nitrogens with one attached hydrogen (secondary N) is 1. The maximum Gasteiger partial charge on any atom is 0.273 e. The molecule has 0 radical (unpaired) electrons. The van der Waals surface area contributed by atoms with E-state index in [1.54, 1.807) is 29.5 Å². The number of rotatable bonds is 3. The van der Waals surface area contributed by atoms with Gasteiger partial charge >= 0.3 is 0 Å². The van der Waals surface area contributed by atoms with Gasteiger partial charge in [0.05, 0.1) is 5.69 Å². The highest BCUT2D eigenvalue weighted by atomic mass is 16.2. The van der Waals surface area contributed by atoms with Gasteiger partial charge in [0.15, 0.2) is 5.82 Å². The lowest BCUT2D eigenvalue weighted by Gasteiger charge is -2.07. The van der Waals surface area contributed by atoms with E-state index >= 15 is 0 Å². The first-order valence-corrected chi connectivity index (χ1v) is 6.69. The fourth-order valence-corrected chi connectivity index (χ4v) is 2.23. The standard InChI is InChI=1S/C14H15N7O/c1-9-7-12(20(2)17-9)14(22)15-11-6-4-5-10(8-11)13-16-18-19-21(13)3/h4-8H,1-3H3,(H,15,22). The first-order chi connectivity index (χ1) is 10.5. The molecule has 0 saturated carbocycles. The molecular formula is C14H15N7O. The van der Waals surface area contributed by atoms with Gasteiger partial charge in [0.2, 0.25) is 0 Å². The third kappa shape index (κ3) is 2.58. The van der Waals surface area contributed by atoms with Gasteiger partial charge in [0, 0.05) is 25.3 Å². The first-order valence-electron chi connectivity index (χ1n) is 6.69. The Hall–Kier alpha value is -3.03. The van der Waals surface area contributed by atoms with Gasteiger partial charge in [-0.1, -0.05) is 12.1 Å². The summed E-state index contributed by atoms with van der Waals surface area (Å²) in [6, 6.07) is 9.11. The number of hydrogen-bond donors (Lipinski definition) is 1. The minimum absolute atomic E-state index is 0.212. The zero-order valence-corrected chi connectivity index (χ0v) is 12.5. The Labute approximate surface area is 126 Å². The Bertz CT molecular complexity index is 833. The van der Waals surface area contributed by atoms with Crippen molar-refractivity contribution in [1.82, 2.24) is 30.0 Å². The van der Waals surface area contributed by atoms with Crippen LogP contribution in [-0.4, -0.2) is 35.9 Å². The van der Waals surface area contributed by atoms with Crippen molar-refractivity contribution < 1.29 is 4.79 Å². The molecule has 0 aliphatic heterocycles. The lowest BCUT2D eigenvalue weighted by atomic mass is 10.2. The molecule has 3 aromatic rings. The van der Waals surface area contributed by atoms with Crippen LogP contribution in [0.4, 0.5) is 5.69 Å². The van der Waals surface area contributed by atoms with Crippen molar-refractivity contribution in [3.63, 3.8) is 0 Å². The summed E-state index contributed by atoms with van der Waals surface area (Å²) < 4.78 is 3.13. The highest BCUT2D eigenvalue weighted by Gasteiger charge is 2.13. The molecule has 0 aliphatic rings. The lowest BCUT2D eigenvalue weighted by Crippen LogP contribution is -2.16. The maximum atomic E-state index is 12.3. The molecule has 0 atom stereocenters. The summed E-state index contributed by atoms with van der Waals surface area (Å²) in [5.74, 6) is 0.420. The van der Waals surface area contributed by atoms with E-state index in [1.807, 2.05) is 31.2 Å². The van der Waals surface area contributed by atoms with Crippen molar-refractivity contribution >= 4 is 11.6 Å². The van der Waals surface area contributed by atoms with Crippen LogP contribution in [-0.2, 0) is 14.1 Å². The van der Waals surface area contributed by atoms with Gasteiger partial charge in [-0.3, -0.25) is 9.48 Å². The average Bonchev–Trinajstić information content (AvgIpc) is 3.04. The van der Waals surface area contributed by atoms with E-state index in [9.17, 15) is 4.79 Å². The number of hydrogen-bond acceptors (Lipinski definition) is 5. The Morgan fingerprint density at radius 1 is 1.18 bits per heavy atom. The molecule has 3 rings (SSSR count). The van der Waals surface area contributed by atoms with Crippen molar-refractivity contribution in [2.75, 3.05) is 5.32 Å². The van der Waals surface area contributed by atoms with E-state index in [1.165, 1.54) is 0 Å². The van der Waals surface area contributed by atoms with E-state index in [0.717, 1.165) is 11.3 Å². The summed E-state index contributed by atoms with van der Waals surface area (Å²) >= 11 is 0. The summed E-state index contributed by atoms with van der Waals surface area (Å²) in [5.41, 5.74) is 2.80. The number of nitrogens with zero attached hydrogens (tertiary/aromatic N) is 6. The number of carbonyl (C=O) groups excluding carboxylic acids is 1. The Morgan fingerprint density at radius 3 is 2.64 bits per heavy atom. The van der Waals surface area contributed by atoms with Crippen LogP contribution < -0.4 is 5.32 Å². The minimum Gasteiger partial charge on any atom is -0.321 e. The largest absolute Gasteiger partial charge is 0.321 e. The third-order valence-electron chi connectivity index (χ3n) is 3.23. The van der Waals surface area contributed by atoms with Crippen LogP contribution in [0.2, 0.25) is 0 Å². The van der Waals surface area contributed by atoms with Crippen molar-refractivity contribution in [2.45, 2.75) is 6.92 Å². The van der Waals surface area contributed by atoms with Gasteiger partial charge in [0.25, 0.3) is 5.91 Å². The molecule has 1 aromatic carbocycles. The van der Waals surface area contributed by atoms with E-state index < -0.39 is 0 Å². The van der Waals surface area contributed by atoms with Crippen molar-refractivity contribution in [1.29, 1.82) is 0 Å². The summed E-state index contributed by atoms with van der Waals surface area (Å²) in [5, 5.41) is 18.4. The second-order valence-electron chi connectivity index (χ2n) is 4.96. The SMILES string of the molecule is Cc1cc(C(=O)Nc2cccc(-c3nnnn3C)c2)n(C)n1. The molecular weight excluding hydrogens is 282 g/mol. The van der Waals surface area contributed by atoms with E-state index in [4.69, 9.17) is 0 Å². The van der Waals surface area contributed by atoms with Crippen LogP contribution in [0.5, 0.6) is 0 Å². The van der Waals surface area contributed by atoms with E-state index in [0.29, 0.717) is 17.2 Å². The van der Waals surface area contributed by atoms with E-state index in [-0.39, 0.29) is 5.91 Å². The molecule has 0 aliphatic carbocycles. The Kier molecular flexibility index (Phi) is 3.42. The summed E-state index contributed by atoms with van der Waals surface area (Å²) in [6.07, 6.45) is 0. The van der Waals surface area contributed by atoms with Crippen LogP contribution in [0.3, 0.4) is 0 Å². The molecule has 8 nitrogen and oxygen atoms in total. The number of amides is 1. The summed E-state index contributed by atoms with van der Waals surface area (Å²) in [7, 11) is 3.50. The number of aryl methyl sites for hydroxylation is 3. The zero-order chi connectivity index (χ0) is 15.7. The molecule has 1 amide bonds. The quantitative estimate of drug-likeness (QED) is 0.783. The van der Waals surface area contributed by atoms with Crippen LogP contribution in [0, 0.1) is 6.92 Å². The average molecular weight is 297 g/mol. The molecule has 22 heavy (non-hydrogen) atoms. The third-order valence-corrected chi connectivity index (χ3v) is 3.23. The molecule has 0 saturated heterocycles. The molecule has 0 unspecified atom stereocenters. The lowest BCUT2D eigenvalue weighted by molar-refractivity contribution is 0.101. The van der Waals surface area contributed by atoms with Gasteiger partial charge in [-0.2, -0.15) is 5.10 Å². The van der Waals surface area contributed by atoms with Crippen LogP contribution in [0.25, 0.3) is 11.4 Å². The predicted molar refractivity (Wildman–Crippen MR) is 80.1 cm³/mol. The van der Waals surface area contributed by atoms with Crippen LogP contribution in [0.15, 0.2) is 30.3 Å². The smallest absolute Gasteiger partial charge is 0.273 e. The van der Waals surface area contributed by atoms with Crippen LogP contribution >= 0.6 is 0 Å². The molecule has 0 spiro atoms. The molecule has 2 heterocycles. The monoisotopic (exact) mass is 297 g/mol. The molecule has 0 bridgehead atoms. The Morgan fingerprint density at radius 2 is 2.00 bits per heavy atom. The normalized spacial score (nSPS) is 10.7. The molecule has 2 aromatic heterocycles. The van der Waals surface area contributed by atoms with Gasteiger partial charge in [-0.25, -0.2) is 4.68 Å². The molecule has 112 valence electrons. The number of benzene rings is 1. The molecule has 1 N–H and O–H groups in total. The fourth-order valence-electron chi connectivity index (χ4n) is 2.23. The highest BCUT2D eigenvalue weighted by molar-refractivity contribution is 6.03. The maximum absolute atomic E-state index is 12.3. The molecule has 0 fully saturated rings. The van der Waals surface area contributed by atoms with Gasteiger partial charge < -0.3 is 5.32 Å². The predicted octanol–water partition coefficient (Wildman–Crippen LogP) is 1.17. The fraction of sp³-hybridized carbons (Fsp3) is 0.214. The number of tetrazole rings is 1. The van der Waals surface area contributed by atoms with Crippen molar-refractivity contribution in [3.8, 4) is 11.4 Å². The topological polar surface area (TPSA) is 90.5 Å². The second kappa shape index (κ2) is 5.40. The van der Waals surface area contributed by atoms with Crippen molar-refractivity contribution in [3.05, 3.63) is 41.7 Å². The number of aromatic nitrogens is 6. The molecule has 8 heteroatoms.